The Morgan fingerprint density at radius 1 is 1.62 bits per heavy atom. The number of thiazole rings is 1. The zero-order chi connectivity index (χ0) is 12.2. The van der Waals surface area contributed by atoms with Crippen molar-refractivity contribution in [3.8, 4) is 0 Å². The van der Waals surface area contributed by atoms with Gasteiger partial charge in [-0.05, 0) is 20.8 Å². The minimum absolute atomic E-state index is 0.263. The van der Waals surface area contributed by atoms with Crippen LogP contribution in [0.15, 0.2) is 5.38 Å². The second-order valence-electron chi connectivity index (χ2n) is 4.22. The molecule has 1 amide bonds. The fourth-order valence-corrected chi connectivity index (χ4v) is 1.67. The van der Waals surface area contributed by atoms with Crippen LogP contribution in [-0.4, -0.2) is 16.7 Å². The number of alkyl halides is 1. The lowest BCUT2D eigenvalue weighted by Gasteiger charge is -2.19. The molecule has 0 aromatic carbocycles. The van der Waals surface area contributed by atoms with Crippen LogP contribution in [0.3, 0.4) is 0 Å². The highest BCUT2D eigenvalue weighted by Gasteiger charge is 2.16. The Labute approximate surface area is 97.8 Å². The number of ether oxygens (including phenoxy) is 1. The number of hydrogen-bond donors (Lipinski definition) is 1. The third-order valence-corrected chi connectivity index (χ3v) is 2.42. The topological polar surface area (TPSA) is 51.2 Å². The van der Waals surface area contributed by atoms with Crippen molar-refractivity contribution in [1.82, 2.24) is 10.3 Å². The second kappa shape index (κ2) is 5.25. The van der Waals surface area contributed by atoms with Gasteiger partial charge in [-0.1, -0.05) is 0 Å². The Morgan fingerprint density at radius 3 is 2.81 bits per heavy atom. The van der Waals surface area contributed by atoms with Gasteiger partial charge in [0, 0.05) is 5.38 Å². The Hall–Kier alpha value is -1.17. The number of aromatic nitrogens is 1. The monoisotopic (exact) mass is 246 g/mol. The van der Waals surface area contributed by atoms with E-state index >= 15 is 0 Å². The molecule has 0 radical (unpaired) electrons. The van der Waals surface area contributed by atoms with Crippen molar-refractivity contribution in [2.75, 3.05) is 0 Å². The molecule has 1 heterocycles. The Kier molecular flexibility index (Phi) is 4.23. The average Bonchev–Trinajstić information content (AvgIpc) is 2.59. The number of halogens is 1. The van der Waals surface area contributed by atoms with Crippen molar-refractivity contribution in [2.24, 2.45) is 0 Å². The number of amides is 1. The zero-order valence-corrected chi connectivity index (χ0v) is 10.4. The van der Waals surface area contributed by atoms with Crippen LogP contribution >= 0.6 is 11.3 Å². The van der Waals surface area contributed by atoms with Crippen LogP contribution in [0.1, 0.15) is 31.5 Å². The molecule has 1 aromatic heterocycles. The average molecular weight is 246 g/mol. The standard InChI is InChI=1S/C10H15FN2O2S/c1-10(2,3)15-9(14)12-5-8-13-7(4-11)6-16-8/h6H,4-5H2,1-3H3,(H,12,14). The molecule has 0 aliphatic rings. The molecule has 0 saturated heterocycles. The van der Waals surface area contributed by atoms with Gasteiger partial charge in [0.2, 0.25) is 0 Å². The summed E-state index contributed by atoms with van der Waals surface area (Å²) in [6.07, 6.45) is -0.496. The van der Waals surface area contributed by atoms with Gasteiger partial charge in [0.1, 0.15) is 17.3 Å². The summed E-state index contributed by atoms with van der Waals surface area (Å²) >= 11 is 1.31. The lowest BCUT2D eigenvalue weighted by molar-refractivity contribution is 0.0523. The lowest BCUT2D eigenvalue weighted by Crippen LogP contribution is -2.32. The van der Waals surface area contributed by atoms with Gasteiger partial charge in [0.25, 0.3) is 0 Å². The van der Waals surface area contributed by atoms with E-state index in [1.807, 2.05) is 0 Å². The van der Waals surface area contributed by atoms with Crippen molar-refractivity contribution in [3.63, 3.8) is 0 Å². The lowest BCUT2D eigenvalue weighted by atomic mass is 10.2. The molecule has 4 nitrogen and oxygen atoms in total. The van der Waals surface area contributed by atoms with Gasteiger partial charge >= 0.3 is 6.09 Å². The molecular weight excluding hydrogens is 231 g/mol. The van der Waals surface area contributed by atoms with E-state index in [2.05, 4.69) is 10.3 Å². The smallest absolute Gasteiger partial charge is 0.408 e. The van der Waals surface area contributed by atoms with Gasteiger partial charge in [-0.15, -0.1) is 11.3 Å². The summed E-state index contributed by atoms with van der Waals surface area (Å²) < 4.78 is 17.2. The van der Waals surface area contributed by atoms with Crippen LogP contribution in [0.25, 0.3) is 0 Å². The number of rotatable bonds is 3. The van der Waals surface area contributed by atoms with E-state index in [9.17, 15) is 9.18 Å². The molecule has 16 heavy (non-hydrogen) atoms. The zero-order valence-electron chi connectivity index (χ0n) is 9.54. The molecule has 1 rings (SSSR count). The first-order valence-electron chi connectivity index (χ1n) is 4.87. The summed E-state index contributed by atoms with van der Waals surface area (Å²) in [7, 11) is 0. The minimum Gasteiger partial charge on any atom is -0.444 e. The first-order valence-corrected chi connectivity index (χ1v) is 5.75. The van der Waals surface area contributed by atoms with E-state index in [0.717, 1.165) is 0 Å². The van der Waals surface area contributed by atoms with E-state index < -0.39 is 18.4 Å². The number of carbonyl (C=O) groups excluding carboxylic acids is 1. The number of nitrogens with zero attached hydrogens (tertiary/aromatic N) is 1. The van der Waals surface area contributed by atoms with E-state index in [4.69, 9.17) is 4.74 Å². The number of nitrogens with one attached hydrogen (secondary N) is 1. The van der Waals surface area contributed by atoms with Gasteiger partial charge in [-0.3, -0.25) is 0 Å². The summed E-state index contributed by atoms with van der Waals surface area (Å²) in [6, 6.07) is 0. The number of hydrogen-bond acceptors (Lipinski definition) is 4. The molecule has 6 heteroatoms. The normalized spacial score (nSPS) is 11.2. The fraction of sp³-hybridized carbons (Fsp3) is 0.600. The molecule has 90 valence electrons. The summed E-state index contributed by atoms with van der Waals surface area (Å²) in [5.41, 5.74) is -0.122. The van der Waals surface area contributed by atoms with Crippen molar-refractivity contribution >= 4 is 17.4 Å². The van der Waals surface area contributed by atoms with E-state index in [1.54, 1.807) is 26.2 Å². The highest BCUT2D eigenvalue weighted by atomic mass is 32.1. The van der Waals surface area contributed by atoms with Crippen LogP contribution in [0.4, 0.5) is 9.18 Å². The van der Waals surface area contributed by atoms with Crippen LogP contribution in [0.2, 0.25) is 0 Å². The predicted molar refractivity (Wildman–Crippen MR) is 60.0 cm³/mol. The van der Waals surface area contributed by atoms with Crippen LogP contribution in [0, 0.1) is 0 Å². The maximum absolute atomic E-state index is 12.2. The van der Waals surface area contributed by atoms with E-state index in [-0.39, 0.29) is 6.54 Å². The molecule has 0 unspecified atom stereocenters. The Balaban J connectivity index is 2.37. The quantitative estimate of drug-likeness (QED) is 0.892. The molecule has 0 atom stereocenters. The minimum atomic E-state index is -0.580. The first kappa shape index (κ1) is 12.9. The largest absolute Gasteiger partial charge is 0.444 e. The van der Waals surface area contributed by atoms with Crippen LogP contribution < -0.4 is 5.32 Å². The van der Waals surface area contributed by atoms with Crippen molar-refractivity contribution in [1.29, 1.82) is 0 Å². The molecule has 1 aromatic rings. The predicted octanol–water partition coefficient (Wildman–Crippen LogP) is 2.64. The maximum Gasteiger partial charge on any atom is 0.408 e. The van der Waals surface area contributed by atoms with Gasteiger partial charge in [0.15, 0.2) is 0 Å². The van der Waals surface area contributed by atoms with Crippen LogP contribution in [0.5, 0.6) is 0 Å². The second-order valence-corrected chi connectivity index (χ2v) is 5.16. The summed E-state index contributed by atoms with van der Waals surface area (Å²) in [6.45, 7) is 5.05. The van der Waals surface area contributed by atoms with Gasteiger partial charge in [0.05, 0.1) is 12.2 Å². The summed E-state index contributed by atoms with van der Waals surface area (Å²) in [5.74, 6) is 0. The molecule has 1 N–H and O–H groups in total. The van der Waals surface area contributed by atoms with E-state index in [1.165, 1.54) is 11.3 Å². The summed E-state index contributed by atoms with van der Waals surface area (Å²) in [4.78, 5) is 15.2. The van der Waals surface area contributed by atoms with Crippen molar-refractivity contribution in [3.05, 3.63) is 16.1 Å². The summed E-state index contributed by atoms with van der Waals surface area (Å²) in [5, 5.41) is 4.85. The Bertz CT molecular complexity index is 360. The molecule has 0 aliphatic carbocycles. The molecule has 0 saturated carbocycles. The molecular formula is C10H15FN2O2S. The number of carbonyl (C=O) groups is 1. The highest BCUT2D eigenvalue weighted by Crippen LogP contribution is 2.11. The Morgan fingerprint density at radius 2 is 2.31 bits per heavy atom. The van der Waals surface area contributed by atoms with Gasteiger partial charge in [-0.2, -0.15) is 0 Å². The molecule has 0 aliphatic heterocycles. The van der Waals surface area contributed by atoms with Crippen molar-refractivity contribution < 1.29 is 13.9 Å². The number of alkyl carbamates (subject to hydrolysis) is 1. The van der Waals surface area contributed by atoms with Gasteiger partial charge in [-0.25, -0.2) is 14.2 Å². The van der Waals surface area contributed by atoms with Crippen LogP contribution in [-0.2, 0) is 18.0 Å². The molecule has 0 spiro atoms. The first-order chi connectivity index (χ1) is 7.40. The van der Waals surface area contributed by atoms with Gasteiger partial charge < -0.3 is 10.1 Å². The van der Waals surface area contributed by atoms with E-state index in [0.29, 0.717) is 10.7 Å². The molecule has 0 fully saturated rings. The third kappa shape index (κ3) is 4.57. The fourth-order valence-electron chi connectivity index (χ4n) is 0.953. The molecule has 0 bridgehead atoms. The third-order valence-electron chi connectivity index (χ3n) is 1.52. The maximum atomic E-state index is 12.2. The SMILES string of the molecule is CC(C)(C)OC(=O)NCc1nc(CF)cs1. The van der Waals surface area contributed by atoms with Crippen molar-refractivity contribution in [2.45, 2.75) is 39.6 Å². The highest BCUT2D eigenvalue weighted by molar-refractivity contribution is 7.09.